The zero-order chi connectivity index (χ0) is 40.1. The molecule has 0 aliphatic heterocycles. The van der Waals surface area contributed by atoms with Gasteiger partial charge in [-0.3, -0.25) is 8.74 Å². The highest BCUT2D eigenvalue weighted by Gasteiger charge is 2.37. The van der Waals surface area contributed by atoms with Crippen LogP contribution in [0, 0.1) is 13.8 Å². The fraction of sp³-hybridized carbons (Fsp3) is 0.625. The van der Waals surface area contributed by atoms with E-state index in [1.165, 1.54) is 31.4 Å². The minimum atomic E-state index is -4.02. The summed E-state index contributed by atoms with van der Waals surface area (Å²) >= 11 is 0. The van der Waals surface area contributed by atoms with Crippen LogP contribution in [0.15, 0.2) is 58.3 Å². The standard InChI is InChI=1S/C10H14O4S.C9H23NO4Si.C7H8O3S.C6H17NO3Si/c1-9-3-5-10(6-4-9)15(11,12)14-8-7-13-2;1-11-8-7-10-6-5-9-15(12-2,13-3)14-4;1-6-2-4-7(5-3-6)11(8,9)10;1-8-11(9-2,10-3)6-4-5-7/h3-6H,7-8H2,1-2H3;10H,5-9H2,1-4H3;2-5H,1H3,(H,8,9,10);4-7H2,1-3H3. The minimum absolute atomic E-state index is 0.0344. The Labute approximate surface area is 314 Å². The second-order valence-corrected chi connectivity index (χ2v) is 19.9. The number of hydrogen-bond acceptors (Lipinski definition) is 15. The number of aryl methyl sites for hydroxylation is 2. The predicted molar refractivity (Wildman–Crippen MR) is 203 cm³/mol. The van der Waals surface area contributed by atoms with Crippen molar-refractivity contribution in [1.82, 2.24) is 5.32 Å². The molecule has 0 aliphatic rings. The summed E-state index contributed by atoms with van der Waals surface area (Å²) in [6.07, 6.45) is 1.85. The van der Waals surface area contributed by atoms with Crippen LogP contribution < -0.4 is 11.1 Å². The molecule has 0 saturated carbocycles. The monoisotopic (exact) mass is 818 g/mol. The first-order chi connectivity index (χ1) is 24.5. The van der Waals surface area contributed by atoms with Crippen molar-refractivity contribution < 1.29 is 61.6 Å². The van der Waals surface area contributed by atoms with E-state index in [0.29, 0.717) is 6.54 Å². The van der Waals surface area contributed by atoms with Crippen LogP contribution >= 0.6 is 0 Å². The van der Waals surface area contributed by atoms with Gasteiger partial charge in [-0.15, -0.1) is 0 Å². The summed E-state index contributed by atoms with van der Waals surface area (Å²) in [5.41, 5.74) is 7.32. The molecule has 0 spiro atoms. The van der Waals surface area contributed by atoms with Gasteiger partial charge in [0.15, 0.2) is 0 Å². The molecule has 0 radical (unpaired) electrons. The molecule has 0 aliphatic carbocycles. The molecule has 0 amide bonds. The zero-order valence-electron chi connectivity index (χ0n) is 32.3. The molecule has 0 heterocycles. The second kappa shape index (κ2) is 29.6. The van der Waals surface area contributed by atoms with Crippen LogP contribution in [0.2, 0.25) is 12.1 Å². The van der Waals surface area contributed by atoms with Gasteiger partial charge in [0.25, 0.3) is 20.2 Å². The fourth-order valence-electron chi connectivity index (χ4n) is 3.87. The van der Waals surface area contributed by atoms with Gasteiger partial charge in [0.2, 0.25) is 0 Å². The van der Waals surface area contributed by atoms with E-state index in [1.54, 1.807) is 74.0 Å². The maximum Gasteiger partial charge on any atom is 0.500 e. The first-order valence-electron chi connectivity index (χ1n) is 16.2. The zero-order valence-corrected chi connectivity index (χ0v) is 36.0. The molecule has 2 rings (SSSR count). The van der Waals surface area contributed by atoms with Crippen molar-refractivity contribution in [2.24, 2.45) is 5.73 Å². The Morgan fingerprint density at radius 2 is 1.00 bits per heavy atom. The molecule has 0 aromatic heterocycles. The summed E-state index contributed by atoms with van der Waals surface area (Å²) in [4.78, 5) is 0.104. The average molecular weight is 819 g/mol. The summed E-state index contributed by atoms with van der Waals surface area (Å²) in [6, 6.07) is 14.1. The lowest BCUT2D eigenvalue weighted by molar-refractivity contribution is 0.122. The smallest absolute Gasteiger partial charge is 0.383 e. The molecule has 304 valence electrons. The van der Waals surface area contributed by atoms with Gasteiger partial charge < -0.3 is 47.1 Å². The molecule has 2 aromatic carbocycles. The number of rotatable bonds is 22. The molecule has 20 heteroatoms. The van der Waals surface area contributed by atoms with Gasteiger partial charge in [0, 0.05) is 75.5 Å². The molecule has 0 saturated heterocycles. The van der Waals surface area contributed by atoms with Crippen LogP contribution in [-0.4, -0.2) is 135 Å². The predicted octanol–water partition coefficient (Wildman–Crippen LogP) is 3.29. The maximum atomic E-state index is 11.5. The normalized spacial score (nSPS) is 11.8. The first kappa shape index (κ1) is 52.4. The van der Waals surface area contributed by atoms with Gasteiger partial charge in [-0.1, -0.05) is 35.4 Å². The maximum absolute atomic E-state index is 11.5. The SMILES string of the molecule is COCCNCCC[Si](OC)(OC)OC.COCCOS(=O)(=O)c1ccc(C)cc1.CO[Si](CCCN)(OC)OC.Cc1ccc(S(=O)(=O)O)cc1. The second-order valence-electron chi connectivity index (χ2n) is 10.7. The molecule has 0 unspecified atom stereocenters. The van der Waals surface area contributed by atoms with Crippen molar-refractivity contribution in [3.8, 4) is 0 Å². The van der Waals surface area contributed by atoms with Gasteiger partial charge in [-0.2, -0.15) is 16.8 Å². The van der Waals surface area contributed by atoms with Crippen LogP contribution in [0.3, 0.4) is 0 Å². The summed E-state index contributed by atoms with van der Waals surface area (Å²) in [6.45, 7) is 7.20. The minimum Gasteiger partial charge on any atom is -0.383 e. The molecule has 0 fully saturated rings. The van der Waals surface area contributed by atoms with Crippen molar-refractivity contribution in [3.05, 3.63) is 59.7 Å². The van der Waals surface area contributed by atoms with Gasteiger partial charge in [-0.05, 0) is 64.0 Å². The topological polar surface area (TPSA) is 210 Å². The molecule has 0 atom stereocenters. The van der Waals surface area contributed by atoms with E-state index in [2.05, 4.69) is 5.32 Å². The Hall–Kier alpha value is -1.71. The Balaban J connectivity index is 0. The highest BCUT2D eigenvalue weighted by atomic mass is 32.2. The lowest BCUT2D eigenvalue weighted by Crippen LogP contribution is -2.43. The molecule has 16 nitrogen and oxygen atoms in total. The van der Waals surface area contributed by atoms with Gasteiger partial charge >= 0.3 is 17.6 Å². The average Bonchev–Trinajstić information content (AvgIpc) is 3.13. The Bertz CT molecular complexity index is 1350. The van der Waals surface area contributed by atoms with Crippen molar-refractivity contribution in [1.29, 1.82) is 0 Å². The van der Waals surface area contributed by atoms with Crippen molar-refractivity contribution >= 4 is 37.8 Å². The van der Waals surface area contributed by atoms with Crippen LogP contribution in [0.4, 0.5) is 0 Å². The molecule has 0 bridgehead atoms. The van der Waals surface area contributed by atoms with Crippen LogP contribution in [0.25, 0.3) is 0 Å². The van der Waals surface area contributed by atoms with E-state index in [0.717, 1.165) is 55.8 Å². The van der Waals surface area contributed by atoms with Crippen molar-refractivity contribution in [2.75, 3.05) is 96.3 Å². The highest BCUT2D eigenvalue weighted by Crippen LogP contribution is 2.15. The summed E-state index contributed by atoms with van der Waals surface area (Å²) in [5.74, 6) is 0. The lowest BCUT2D eigenvalue weighted by Gasteiger charge is -2.24. The number of benzene rings is 2. The molecular formula is C32H62N2O14S2Si2. The van der Waals surface area contributed by atoms with Crippen LogP contribution in [0.5, 0.6) is 0 Å². The van der Waals surface area contributed by atoms with Gasteiger partial charge in [0.05, 0.1) is 29.6 Å². The highest BCUT2D eigenvalue weighted by molar-refractivity contribution is 7.86. The molecule has 2 aromatic rings. The fourth-order valence-corrected chi connectivity index (χ4v) is 8.71. The lowest BCUT2D eigenvalue weighted by atomic mass is 10.2. The van der Waals surface area contributed by atoms with E-state index in [9.17, 15) is 16.8 Å². The Morgan fingerprint density at radius 1 is 0.596 bits per heavy atom. The van der Waals surface area contributed by atoms with E-state index in [1.807, 2.05) is 13.8 Å². The van der Waals surface area contributed by atoms with Crippen molar-refractivity contribution in [3.63, 3.8) is 0 Å². The molecule has 52 heavy (non-hydrogen) atoms. The van der Waals surface area contributed by atoms with Crippen LogP contribution in [-0.2, 0) is 60.4 Å². The number of nitrogens with one attached hydrogen (secondary N) is 1. The number of hydrogen-bond donors (Lipinski definition) is 3. The third-order valence-corrected chi connectivity index (χ3v) is 14.9. The molecular weight excluding hydrogens is 757 g/mol. The summed E-state index contributed by atoms with van der Waals surface area (Å²) in [7, 11) is 0.588. The van der Waals surface area contributed by atoms with E-state index < -0.39 is 37.8 Å². The first-order valence-corrected chi connectivity index (χ1v) is 23.0. The van der Waals surface area contributed by atoms with E-state index in [4.69, 9.17) is 50.5 Å². The Kier molecular flexibility index (Phi) is 29.9. The third kappa shape index (κ3) is 23.2. The summed E-state index contributed by atoms with van der Waals surface area (Å²) < 4.78 is 98.5. The largest absolute Gasteiger partial charge is 0.500 e. The number of methoxy groups -OCH3 is 2. The summed E-state index contributed by atoms with van der Waals surface area (Å²) in [5, 5.41) is 3.26. The van der Waals surface area contributed by atoms with Gasteiger partial charge in [-0.25, -0.2) is 0 Å². The van der Waals surface area contributed by atoms with Gasteiger partial charge in [0.1, 0.15) is 0 Å². The van der Waals surface area contributed by atoms with Crippen molar-refractivity contribution in [2.45, 2.75) is 48.6 Å². The third-order valence-electron chi connectivity index (χ3n) is 7.03. The number of nitrogens with two attached hydrogens (primary N) is 1. The van der Waals surface area contributed by atoms with E-state index in [-0.39, 0.29) is 23.0 Å². The van der Waals surface area contributed by atoms with Crippen LogP contribution in [0.1, 0.15) is 24.0 Å². The number of ether oxygens (including phenoxy) is 2. The van der Waals surface area contributed by atoms with E-state index >= 15 is 0 Å². The Morgan fingerprint density at radius 3 is 1.37 bits per heavy atom. The molecule has 4 N–H and O–H groups in total. The quantitative estimate of drug-likeness (QED) is 0.0674.